The number of H-pyrrole nitrogens is 1. The van der Waals surface area contributed by atoms with Crippen LogP contribution in [-0.4, -0.2) is 76.2 Å². The van der Waals surface area contributed by atoms with Crippen LogP contribution in [0, 0.1) is 0 Å². The number of rotatable bonds is 8. The summed E-state index contributed by atoms with van der Waals surface area (Å²) in [6.45, 7) is 2.82. The third kappa shape index (κ3) is 6.61. The number of amides is 4. The van der Waals surface area contributed by atoms with Crippen molar-refractivity contribution in [1.82, 2.24) is 25.4 Å². The van der Waals surface area contributed by atoms with Gasteiger partial charge < -0.3 is 25.4 Å². The van der Waals surface area contributed by atoms with Crippen LogP contribution in [0.25, 0.3) is 10.9 Å². The zero-order valence-electron chi connectivity index (χ0n) is 23.6. The third-order valence-electron chi connectivity index (χ3n) is 8.15. The lowest BCUT2D eigenvalue weighted by Gasteiger charge is -2.34. The molecule has 9 heteroatoms. The van der Waals surface area contributed by atoms with E-state index >= 15 is 0 Å². The Balaban J connectivity index is 1.48. The summed E-state index contributed by atoms with van der Waals surface area (Å²) in [5.41, 5.74) is 2.72. The van der Waals surface area contributed by atoms with E-state index < -0.39 is 24.0 Å². The van der Waals surface area contributed by atoms with E-state index in [2.05, 4.69) is 22.5 Å². The molecule has 41 heavy (non-hydrogen) atoms. The normalized spacial score (nSPS) is 22.2. The minimum Gasteiger partial charge on any atom is -0.361 e. The summed E-state index contributed by atoms with van der Waals surface area (Å²) in [5.74, 6) is -1.26. The van der Waals surface area contributed by atoms with Crippen molar-refractivity contribution in [2.45, 2.75) is 70.0 Å². The number of unbranched alkanes of at least 4 members (excludes halogenated alkanes) is 2. The number of para-hydroxylation sites is 1. The highest BCUT2D eigenvalue weighted by Gasteiger charge is 2.41. The Kier molecular flexibility index (Phi) is 9.01. The molecule has 3 atom stereocenters. The monoisotopic (exact) mass is 557 g/mol. The van der Waals surface area contributed by atoms with Gasteiger partial charge in [0, 0.05) is 43.0 Å². The summed E-state index contributed by atoms with van der Waals surface area (Å²) in [4.78, 5) is 61.5. The van der Waals surface area contributed by atoms with Crippen LogP contribution < -0.4 is 10.6 Å². The van der Waals surface area contributed by atoms with Gasteiger partial charge in [-0.2, -0.15) is 0 Å². The summed E-state index contributed by atoms with van der Waals surface area (Å²) in [7, 11) is 0. The van der Waals surface area contributed by atoms with E-state index in [9.17, 15) is 19.2 Å². The molecule has 0 unspecified atom stereocenters. The van der Waals surface area contributed by atoms with Crippen LogP contribution in [0.5, 0.6) is 0 Å². The van der Waals surface area contributed by atoms with Crippen molar-refractivity contribution in [2.75, 3.05) is 19.6 Å². The van der Waals surface area contributed by atoms with Crippen LogP contribution in [-0.2, 0) is 32.0 Å². The van der Waals surface area contributed by atoms with Gasteiger partial charge in [0.05, 0.1) is 6.54 Å². The lowest BCUT2D eigenvalue weighted by molar-refractivity contribution is -0.148. The smallest absolute Gasteiger partial charge is 0.246 e. The molecule has 1 aromatic heterocycles. The van der Waals surface area contributed by atoms with Crippen LogP contribution in [0.3, 0.4) is 0 Å². The van der Waals surface area contributed by atoms with Crippen molar-refractivity contribution in [1.29, 1.82) is 0 Å². The van der Waals surface area contributed by atoms with E-state index in [0.29, 0.717) is 25.9 Å². The number of aromatic nitrogens is 1. The highest BCUT2D eigenvalue weighted by atomic mass is 16.2. The summed E-state index contributed by atoms with van der Waals surface area (Å²) in [6, 6.07) is 14.9. The SMILES string of the molecule is CCCCCN1CC(=O)N[C@@H](Cc2c[nH]c3ccccc23)C(=O)N[C@@H](Cc2ccccc2)C(=O)N2CCC[C@@H]2C1=O. The van der Waals surface area contributed by atoms with Crippen molar-refractivity contribution in [3.05, 3.63) is 71.9 Å². The number of fused-ring (bicyclic) bond motifs is 2. The summed E-state index contributed by atoms with van der Waals surface area (Å²) in [5, 5.41) is 6.84. The first-order valence-electron chi connectivity index (χ1n) is 14.7. The lowest BCUT2D eigenvalue weighted by Crippen LogP contribution is -2.60. The Hall–Kier alpha value is -4.14. The summed E-state index contributed by atoms with van der Waals surface area (Å²) >= 11 is 0. The van der Waals surface area contributed by atoms with Crippen LogP contribution >= 0.6 is 0 Å². The molecule has 0 bridgehead atoms. The zero-order chi connectivity index (χ0) is 28.8. The van der Waals surface area contributed by atoms with Crippen molar-refractivity contribution >= 4 is 34.5 Å². The van der Waals surface area contributed by atoms with Gasteiger partial charge in [0.25, 0.3) is 0 Å². The minimum atomic E-state index is -0.922. The maximum Gasteiger partial charge on any atom is 0.246 e. The zero-order valence-corrected chi connectivity index (χ0v) is 23.6. The Morgan fingerprint density at radius 3 is 2.44 bits per heavy atom. The first kappa shape index (κ1) is 28.4. The average molecular weight is 558 g/mol. The number of nitrogens with zero attached hydrogens (tertiary/aromatic N) is 2. The van der Waals surface area contributed by atoms with Crippen LogP contribution in [0.2, 0.25) is 0 Å². The molecule has 2 fully saturated rings. The van der Waals surface area contributed by atoms with Gasteiger partial charge in [0.2, 0.25) is 23.6 Å². The molecule has 2 aliphatic rings. The number of hydrogen-bond acceptors (Lipinski definition) is 4. The van der Waals surface area contributed by atoms with Crippen molar-refractivity contribution in [3.63, 3.8) is 0 Å². The fourth-order valence-electron chi connectivity index (χ4n) is 5.98. The predicted molar refractivity (Wildman–Crippen MR) is 157 cm³/mol. The molecule has 9 nitrogen and oxygen atoms in total. The molecular weight excluding hydrogens is 518 g/mol. The van der Waals surface area contributed by atoms with Gasteiger partial charge in [-0.15, -0.1) is 0 Å². The van der Waals surface area contributed by atoms with E-state index in [1.807, 2.05) is 60.8 Å². The number of nitrogens with one attached hydrogen (secondary N) is 3. The summed E-state index contributed by atoms with van der Waals surface area (Å²) < 4.78 is 0. The molecule has 2 saturated heterocycles. The first-order valence-corrected chi connectivity index (χ1v) is 14.7. The predicted octanol–water partition coefficient (Wildman–Crippen LogP) is 2.95. The molecule has 0 spiro atoms. The fraction of sp³-hybridized carbons (Fsp3) is 0.438. The summed E-state index contributed by atoms with van der Waals surface area (Å²) in [6.07, 6.45) is 6.31. The van der Waals surface area contributed by atoms with Gasteiger partial charge in [0.1, 0.15) is 18.1 Å². The molecule has 0 radical (unpaired) electrons. The number of carbonyl (C=O) groups excluding carboxylic acids is 4. The standard InChI is InChI=1S/C32H39N5O4/c1-2-3-9-16-36-21-29(38)34-26(19-23-20-33-25-14-8-7-13-24(23)25)30(39)35-27(18-22-11-5-4-6-12-22)31(40)37-17-10-15-28(37)32(36)41/h4-8,11-14,20,26-28,33H,2-3,9-10,15-19,21H2,1H3,(H,34,38)(H,35,39)/t26-,27-,28+/m0/s1. The van der Waals surface area contributed by atoms with Gasteiger partial charge in [0.15, 0.2) is 0 Å². The van der Waals surface area contributed by atoms with Gasteiger partial charge >= 0.3 is 0 Å². The minimum absolute atomic E-state index is 0.147. The number of benzene rings is 2. The quantitative estimate of drug-likeness (QED) is 0.370. The Morgan fingerprint density at radius 2 is 1.63 bits per heavy atom. The molecule has 4 amide bonds. The van der Waals surface area contributed by atoms with E-state index in [1.54, 1.807) is 9.80 Å². The van der Waals surface area contributed by atoms with Crippen molar-refractivity contribution < 1.29 is 19.2 Å². The second-order valence-electron chi connectivity index (χ2n) is 11.1. The fourth-order valence-corrected chi connectivity index (χ4v) is 5.98. The maximum absolute atomic E-state index is 14.0. The number of hydrogen-bond donors (Lipinski definition) is 3. The van der Waals surface area contributed by atoms with Gasteiger partial charge in [-0.3, -0.25) is 19.2 Å². The van der Waals surface area contributed by atoms with E-state index in [4.69, 9.17) is 0 Å². The highest BCUT2D eigenvalue weighted by Crippen LogP contribution is 2.23. The van der Waals surface area contributed by atoms with E-state index in [1.165, 1.54) is 0 Å². The van der Waals surface area contributed by atoms with Gasteiger partial charge in [-0.1, -0.05) is 68.3 Å². The number of aromatic amines is 1. The van der Waals surface area contributed by atoms with Gasteiger partial charge in [-0.05, 0) is 36.5 Å². The molecule has 0 aliphatic carbocycles. The molecular formula is C32H39N5O4. The largest absolute Gasteiger partial charge is 0.361 e. The van der Waals surface area contributed by atoms with Gasteiger partial charge in [-0.25, -0.2) is 0 Å². The van der Waals surface area contributed by atoms with Crippen molar-refractivity contribution in [3.8, 4) is 0 Å². The Morgan fingerprint density at radius 1 is 0.854 bits per heavy atom. The molecule has 216 valence electrons. The molecule has 3 heterocycles. The third-order valence-corrected chi connectivity index (χ3v) is 8.15. The number of carbonyl (C=O) groups is 4. The molecule has 3 N–H and O–H groups in total. The maximum atomic E-state index is 14.0. The highest BCUT2D eigenvalue weighted by molar-refractivity contribution is 5.97. The molecule has 3 aromatic rings. The second-order valence-corrected chi connectivity index (χ2v) is 11.1. The lowest BCUT2D eigenvalue weighted by atomic mass is 10.0. The second kappa shape index (κ2) is 13.0. The van der Waals surface area contributed by atoms with Crippen LogP contribution in [0.4, 0.5) is 0 Å². The van der Waals surface area contributed by atoms with Crippen molar-refractivity contribution in [2.24, 2.45) is 0 Å². The first-order chi connectivity index (χ1) is 19.9. The van der Waals surface area contributed by atoms with E-state index in [-0.39, 0.29) is 37.1 Å². The Bertz CT molecular complexity index is 1390. The average Bonchev–Trinajstić information content (AvgIpc) is 3.63. The topological polar surface area (TPSA) is 115 Å². The van der Waals surface area contributed by atoms with E-state index in [0.717, 1.165) is 41.3 Å². The molecule has 0 saturated carbocycles. The van der Waals surface area contributed by atoms with Crippen LogP contribution in [0.1, 0.15) is 50.2 Å². The molecule has 5 rings (SSSR count). The molecule has 2 aromatic carbocycles. The molecule has 2 aliphatic heterocycles. The van der Waals surface area contributed by atoms with Crippen LogP contribution in [0.15, 0.2) is 60.8 Å². The Labute approximate surface area is 240 Å².